The van der Waals surface area contributed by atoms with E-state index in [9.17, 15) is 0 Å². The van der Waals surface area contributed by atoms with Gasteiger partial charge in [0, 0.05) is 18.8 Å². The average molecular weight is 285 g/mol. The van der Waals surface area contributed by atoms with Crippen molar-refractivity contribution in [2.75, 3.05) is 6.26 Å². The minimum Gasteiger partial charge on any atom is -0.302 e. The zero-order valence-corrected chi connectivity index (χ0v) is 12.2. The van der Waals surface area contributed by atoms with Gasteiger partial charge in [-0.2, -0.15) is 5.26 Å². The number of thioether (sulfide) groups is 1. The Hall–Kier alpha value is -2.26. The summed E-state index contributed by atoms with van der Waals surface area (Å²) in [5, 5.41) is 11.9. The van der Waals surface area contributed by atoms with Crippen molar-refractivity contribution in [1.29, 1.82) is 5.26 Å². The van der Waals surface area contributed by atoms with Crippen LogP contribution in [0.1, 0.15) is 12.7 Å². The number of para-hydroxylation sites is 2. The number of aryl methyl sites for hydroxylation is 1. The summed E-state index contributed by atoms with van der Waals surface area (Å²) in [6.07, 6.45) is 8.31. The van der Waals surface area contributed by atoms with Crippen LogP contribution in [0.4, 0.5) is 5.69 Å². The molecular formula is C14H15N5S. The van der Waals surface area contributed by atoms with Gasteiger partial charge in [0.05, 0.1) is 11.4 Å². The summed E-state index contributed by atoms with van der Waals surface area (Å²) >= 11 is 1.40. The molecule has 0 aliphatic heterocycles. The lowest BCUT2D eigenvalue weighted by Crippen LogP contribution is -2.12. The van der Waals surface area contributed by atoms with E-state index in [0.717, 1.165) is 23.6 Å². The fourth-order valence-electron chi connectivity index (χ4n) is 1.86. The molecule has 0 unspecified atom stereocenters. The molecule has 5 nitrogen and oxygen atoms in total. The summed E-state index contributed by atoms with van der Waals surface area (Å²) in [5.41, 5.74) is 1.75. The van der Waals surface area contributed by atoms with Crippen LogP contribution >= 0.6 is 11.8 Å². The first-order chi connectivity index (χ1) is 9.80. The maximum atomic E-state index is 8.71. The Morgan fingerprint density at radius 2 is 2.30 bits per heavy atom. The molecule has 6 heteroatoms. The van der Waals surface area contributed by atoms with Gasteiger partial charge in [-0.15, -0.1) is 0 Å². The highest BCUT2D eigenvalue weighted by atomic mass is 32.2. The predicted octanol–water partition coefficient (Wildman–Crippen LogP) is 2.86. The number of rotatable bonds is 3. The third-order valence-electron chi connectivity index (χ3n) is 2.75. The number of imidazole rings is 1. The molecule has 102 valence electrons. The zero-order valence-electron chi connectivity index (χ0n) is 11.4. The number of aliphatic imine (C=N–C) groups is 1. The fourth-order valence-corrected chi connectivity index (χ4v) is 2.20. The van der Waals surface area contributed by atoms with Crippen molar-refractivity contribution < 1.29 is 0 Å². The number of amidine groups is 1. The molecule has 0 radical (unpaired) electrons. The number of hydrogen-bond acceptors (Lipinski definition) is 4. The minimum atomic E-state index is 0.568. The van der Waals surface area contributed by atoms with E-state index in [1.165, 1.54) is 11.8 Å². The van der Waals surface area contributed by atoms with Crippen LogP contribution in [0, 0.1) is 11.5 Å². The second-order valence-electron chi connectivity index (χ2n) is 3.91. The Balaban J connectivity index is 2.49. The molecule has 2 rings (SSSR count). The molecule has 0 aliphatic carbocycles. The average Bonchev–Trinajstić information content (AvgIpc) is 2.95. The molecule has 0 bridgehead atoms. The van der Waals surface area contributed by atoms with E-state index in [4.69, 9.17) is 5.26 Å². The molecule has 0 fully saturated rings. The summed E-state index contributed by atoms with van der Waals surface area (Å²) in [6, 6.07) is 7.80. The van der Waals surface area contributed by atoms with E-state index >= 15 is 0 Å². The van der Waals surface area contributed by atoms with Crippen LogP contribution < -0.4 is 5.32 Å². The normalized spacial score (nSPS) is 11.2. The number of nitrogens with one attached hydrogen (secondary N) is 1. The summed E-state index contributed by atoms with van der Waals surface area (Å²) in [5.74, 6) is 0.978. The first-order valence-corrected chi connectivity index (χ1v) is 7.42. The quantitative estimate of drug-likeness (QED) is 0.407. The van der Waals surface area contributed by atoms with E-state index in [1.807, 2.05) is 47.5 Å². The highest BCUT2D eigenvalue weighted by Crippen LogP contribution is 2.25. The van der Waals surface area contributed by atoms with Crippen molar-refractivity contribution in [2.45, 2.75) is 13.3 Å². The Morgan fingerprint density at radius 1 is 1.50 bits per heavy atom. The van der Waals surface area contributed by atoms with E-state index in [1.54, 1.807) is 6.20 Å². The van der Waals surface area contributed by atoms with Crippen LogP contribution in [-0.2, 0) is 6.42 Å². The molecule has 0 spiro atoms. The van der Waals surface area contributed by atoms with Crippen LogP contribution in [0.2, 0.25) is 0 Å². The van der Waals surface area contributed by atoms with E-state index < -0.39 is 0 Å². The summed E-state index contributed by atoms with van der Waals surface area (Å²) in [7, 11) is 0. The van der Waals surface area contributed by atoms with Gasteiger partial charge in [0.15, 0.2) is 11.4 Å². The van der Waals surface area contributed by atoms with Gasteiger partial charge in [-0.25, -0.2) is 9.98 Å². The van der Waals surface area contributed by atoms with Gasteiger partial charge in [-0.05, 0) is 18.4 Å². The molecule has 0 atom stereocenters. The van der Waals surface area contributed by atoms with Crippen molar-refractivity contribution in [3.63, 3.8) is 0 Å². The molecule has 1 N–H and O–H groups in total. The van der Waals surface area contributed by atoms with Crippen molar-refractivity contribution in [3.05, 3.63) is 42.5 Å². The minimum absolute atomic E-state index is 0.568. The van der Waals surface area contributed by atoms with E-state index in [-0.39, 0.29) is 0 Å². The van der Waals surface area contributed by atoms with E-state index in [2.05, 4.69) is 22.2 Å². The van der Waals surface area contributed by atoms with Crippen LogP contribution in [0.3, 0.4) is 0 Å². The Kier molecular flexibility index (Phi) is 4.80. The van der Waals surface area contributed by atoms with Gasteiger partial charge in [-0.3, -0.25) is 5.32 Å². The molecule has 2 aromatic rings. The second-order valence-corrected chi connectivity index (χ2v) is 4.71. The van der Waals surface area contributed by atoms with Gasteiger partial charge >= 0.3 is 0 Å². The number of nitriles is 1. The van der Waals surface area contributed by atoms with Gasteiger partial charge in [0.1, 0.15) is 5.82 Å². The number of benzene rings is 1. The van der Waals surface area contributed by atoms with Crippen molar-refractivity contribution >= 4 is 22.6 Å². The highest BCUT2D eigenvalue weighted by Gasteiger charge is 2.08. The van der Waals surface area contributed by atoms with E-state index in [0.29, 0.717) is 5.17 Å². The summed E-state index contributed by atoms with van der Waals surface area (Å²) < 4.78 is 2.02. The van der Waals surface area contributed by atoms with Gasteiger partial charge in [0.25, 0.3) is 0 Å². The molecule has 0 amide bonds. The van der Waals surface area contributed by atoms with Crippen LogP contribution in [-0.4, -0.2) is 21.0 Å². The first-order valence-electron chi connectivity index (χ1n) is 6.19. The monoisotopic (exact) mass is 285 g/mol. The lowest BCUT2D eigenvalue weighted by Gasteiger charge is -2.10. The van der Waals surface area contributed by atoms with Gasteiger partial charge in [0.2, 0.25) is 0 Å². The highest BCUT2D eigenvalue weighted by molar-refractivity contribution is 8.13. The Morgan fingerprint density at radius 3 is 3.00 bits per heavy atom. The predicted molar refractivity (Wildman–Crippen MR) is 82.3 cm³/mol. The maximum Gasteiger partial charge on any atom is 0.183 e. The van der Waals surface area contributed by atoms with Crippen LogP contribution in [0.25, 0.3) is 5.69 Å². The molecule has 0 saturated heterocycles. The largest absolute Gasteiger partial charge is 0.302 e. The second kappa shape index (κ2) is 6.78. The molecule has 1 aromatic carbocycles. The van der Waals surface area contributed by atoms with Gasteiger partial charge < -0.3 is 4.57 Å². The lowest BCUT2D eigenvalue weighted by atomic mass is 10.2. The topological polar surface area (TPSA) is 66.0 Å². The van der Waals surface area contributed by atoms with Crippen LogP contribution in [0.5, 0.6) is 0 Å². The summed E-state index contributed by atoms with van der Waals surface area (Å²) in [6.45, 7) is 2.06. The molecule has 1 aromatic heterocycles. The van der Waals surface area contributed by atoms with Gasteiger partial charge in [-0.1, -0.05) is 30.8 Å². The molecule has 0 saturated carbocycles. The third kappa shape index (κ3) is 3.00. The SMILES string of the molecule is CCc1nccn1-c1ccccc1N=C(NC#N)SC. The number of nitrogens with zero attached hydrogens (tertiary/aromatic N) is 4. The third-order valence-corrected chi connectivity index (χ3v) is 3.33. The smallest absolute Gasteiger partial charge is 0.183 e. The molecule has 1 heterocycles. The van der Waals surface area contributed by atoms with Crippen molar-refractivity contribution in [2.24, 2.45) is 4.99 Å². The van der Waals surface area contributed by atoms with Crippen molar-refractivity contribution in [1.82, 2.24) is 14.9 Å². The summed E-state index contributed by atoms with van der Waals surface area (Å²) in [4.78, 5) is 8.82. The first kappa shape index (κ1) is 14.2. The standard InChI is InChI=1S/C14H15N5S/c1-3-13-16-8-9-19(13)12-7-5-4-6-11(12)18-14(20-2)17-10-15/h4-9H,3H2,1-2H3,(H,17,18). The Labute approximate surface area is 122 Å². The molecular weight excluding hydrogens is 270 g/mol. The lowest BCUT2D eigenvalue weighted by molar-refractivity contribution is 0.891. The number of hydrogen-bond donors (Lipinski definition) is 1. The molecule has 0 aliphatic rings. The van der Waals surface area contributed by atoms with Crippen molar-refractivity contribution in [3.8, 4) is 11.9 Å². The fraction of sp³-hybridized carbons (Fsp3) is 0.214. The molecule has 20 heavy (non-hydrogen) atoms. The van der Waals surface area contributed by atoms with Crippen LogP contribution in [0.15, 0.2) is 41.7 Å². The Bertz CT molecular complexity index is 654. The maximum absolute atomic E-state index is 8.71. The zero-order chi connectivity index (χ0) is 14.4. The number of aromatic nitrogens is 2.